The van der Waals surface area contributed by atoms with E-state index in [9.17, 15) is 4.79 Å². The van der Waals surface area contributed by atoms with E-state index in [2.05, 4.69) is 27.8 Å². The van der Waals surface area contributed by atoms with Crippen molar-refractivity contribution in [2.45, 2.75) is 18.9 Å². The summed E-state index contributed by atoms with van der Waals surface area (Å²) in [7, 11) is 0. The van der Waals surface area contributed by atoms with Crippen LogP contribution in [0, 0.1) is 0 Å². The number of aromatic nitrogens is 1. The zero-order valence-corrected chi connectivity index (χ0v) is 12.2. The van der Waals surface area contributed by atoms with Crippen LogP contribution in [0.15, 0.2) is 48.1 Å². The molecule has 4 rings (SSSR count). The Hall–Kier alpha value is -2.20. The summed E-state index contributed by atoms with van der Waals surface area (Å²) < 4.78 is 1.25. The molecule has 1 saturated carbocycles. The highest BCUT2D eigenvalue weighted by Crippen LogP contribution is 2.33. The monoisotopic (exact) mass is 294 g/mol. The van der Waals surface area contributed by atoms with Crippen molar-refractivity contribution in [1.29, 1.82) is 0 Å². The van der Waals surface area contributed by atoms with Crippen LogP contribution in [-0.4, -0.2) is 16.9 Å². The lowest BCUT2D eigenvalue weighted by molar-refractivity contribution is 0.0951. The second-order valence-electron chi connectivity index (χ2n) is 5.36. The van der Waals surface area contributed by atoms with Gasteiger partial charge in [-0.2, -0.15) is 0 Å². The van der Waals surface area contributed by atoms with Crippen LogP contribution in [0.5, 0.6) is 0 Å². The standard InChI is InChI=1S/C17H14N2OS/c20-17(19-13-5-6-13)12-7-11(8-18-9-12)15-10-21-16-4-2-1-3-14(15)16/h1-4,7-10,13H,5-6H2,(H,19,20). The maximum absolute atomic E-state index is 12.1. The van der Waals surface area contributed by atoms with Gasteiger partial charge in [-0.15, -0.1) is 11.3 Å². The van der Waals surface area contributed by atoms with Gasteiger partial charge in [-0.05, 0) is 30.4 Å². The number of nitrogens with zero attached hydrogens (tertiary/aromatic N) is 1. The molecule has 1 fully saturated rings. The molecule has 0 atom stereocenters. The Balaban J connectivity index is 1.73. The van der Waals surface area contributed by atoms with Gasteiger partial charge in [-0.3, -0.25) is 9.78 Å². The molecule has 0 saturated heterocycles. The molecular formula is C17H14N2OS. The van der Waals surface area contributed by atoms with Gasteiger partial charge in [0.15, 0.2) is 0 Å². The van der Waals surface area contributed by atoms with Crippen LogP contribution in [-0.2, 0) is 0 Å². The van der Waals surface area contributed by atoms with E-state index in [0.717, 1.165) is 24.0 Å². The Morgan fingerprint density at radius 1 is 1.24 bits per heavy atom. The molecule has 3 nitrogen and oxygen atoms in total. The molecule has 0 aliphatic heterocycles. The highest BCUT2D eigenvalue weighted by atomic mass is 32.1. The molecule has 1 aromatic carbocycles. The molecule has 0 radical (unpaired) electrons. The lowest BCUT2D eigenvalue weighted by Crippen LogP contribution is -2.25. The number of nitrogens with one attached hydrogen (secondary N) is 1. The number of carbonyl (C=O) groups is 1. The van der Waals surface area contributed by atoms with Crippen LogP contribution in [0.1, 0.15) is 23.2 Å². The largest absolute Gasteiger partial charge is 0.349 e. The minimum absolute atomic E-state index is 0.0219. The normalized spacial score (nSPS) is 14.3. The number of hydrogen-bond acceptors (Lipinski definition) is 3. The molecule has 1 aliphatic carbocycles. The van der Waals surface area contributed by atoms with Crippen molar-refractivity contribution in [3.63, 3.8) is 0 Å². The van der Waals surface area contributed by atoms with Crippen molar-refractivity contribution in [3.05, 3.63) is 53.7 Å². The summed E-state index contributed by atoms with van der Waals surface area (Å²) in [5.74, 6) is -0.0219. The summed E-state index contributed by atoms with van der Waals surface area (Å²) in [6.45, 7) is 0. The molecular weight excluding hydrogens is 280 g/mol. The van der Waals surface area contributed by atoms with E-state index in [-0.39, 0.29) is 5.91 Å². The van der Waals surface area contributed by atoms with E-state index in [1.165, 1.54) is 10.1 Å². The number of benzene rings is 1. The molecule has 21 heavy (non-hydrogen) atoms. The summed E-state index contributed by atoms with van der Waals surface area (Å²) in [5, 5.41) is 6.34. The Kier molecular flexibility index (Phi) is 2.97. The predicted molar refractivity (Wildman–Crippen MR) is 85.5 cm³/mol. The van der Waals surface area contributed by atoms with Crippen LogP contribution in [0.25, 0.3) is 21.2 Å². The number of hydrogen-bond donors (Lipinski definition) is 1. The Morgan fingerprint density at radius 2 is 2.10 bits per heavy atom. The molecule has 0 spiro atoms. The van der Waals surface area contributed by atoms with Gasteiger partial charge in [0.2, 0.25) is 0 Å². The van der Waals surface area contributed by atoms with Crippen molar-refractivity contribution >= 4 is 27.3 Å². The maximum atomic E-state index is 12.1. The lowest BCUT2D eigenvalue weighted by atomic mass is 10.0. The summed E-state index contributed by atoms with van der Waals surface area (Å²) >= 11 is 1.72. The lowest BCUT2D eigenvalue weighted by Gasteiger charge is -2.05. The van der Waals surface area contributed by atoms with Crippen molar-refractivity contribution in [1.82, 2.24) is 10.3 Å². The third-order valence-corrected chi connectivity index (χ3v) is 4.67. The van der Waals surface area contributed by atoms with Crippen LogP contribution in [0.4, 0.5) is 0 Å². The average molecular weight is 294 g/mol. The number of thiophene rings is 1. The van der Waals surface area contributed by atoms with Crippen molar-refractivity contribution in [2.24, 2.45) is 0 Å². The fourth-order valence-corrected chi connectivity index (χ4v) is 3.38. The molecule has 1 aliphatic rings. The van der Waals surface area contributed by atoms with Gasteiger partial charge in [0.25, 0.3) is 5.91 Å². The Bertz CT molecular complexity index is 820. The van der Waals surface area contributed by atoms with Gasteiger partial charge < -0.3 is 5.32 Å². The van der Waals surface area contributed by atoms with E-state index < -0.39 is 0 Å². The first kappa shape index (κ1) is 12.5. The summed E-state index contributed by atoms with van der Waals surface area (Å²) in [5.41, 5.74) is 2.77. The molecule has 104 valence electrons. The quantitative estimate of drug-likeness (QED) is 0.797. The van der Waals surface area contributed by atoms with E-state index in [4.69, 9.17) is 0 Å². The molecule has 3 aromatic rings. The number of rotatable bonds is 3. The smallest absolute Gasteiger partial charge is 0.253 e. The van der Waals surface area contributed by atoms with Gasteiger partial charge in [-0.1, -0.05) is 18.2 Å². The second kappa shape index (κ2) is 4.97. The molecule has 4 heteroatoms. The molecule has 0 unspecified atom stereocenters. The predicted octanol–water partition coefficient (Wildman–Crippen LogP) is 3.86. The average Bonchev–Trinajstić information content (AvgIpc) is 3.23. The third kappa shape index (κ3) is 2.43. The molecule has 2 heterocycles. The topological polar surface area (TPSA) is 42.0 Å². The van der Waals surface area contributed by atoms with E-state index in [0.29, 0.717) is 11.6 Å². The maximum Gasteiger partial charge on any atom is 0.253 e. The molecule has 2 aromatic heterocycles. The van der Waals surface area contributed by atoms with Gasteiger partial charge in [0.05, 0.1) is 5.56 Å². The van der Waals surface area contributed by atoms with Crippen molar-refractivity contribution in [3.8, 4) is 11.1 Å². The van der Waals surface area contributed by atoms with Crippen molar-refractivity contribution < 1.29 is 4.79 Å². The van der Waals surface area contributed by atoms with E-state index >= 15 is 0 Å². The first-order valence-electron chi connectivity index (χ1n) is 7.04. The fourth-order valence-electron chi connectivity index (χ4n) is 2.41. The molecule has 1 amide bonds. The summed E-state index contributed by atoms with van der Waals surface area (Å²) in [4.78, 5) is 16.4. The number of amides is 1. The minimum Gasteiger partial charge on any atom is -0.349 e. The number of pyridine rings is 1. The zero-order valence-electron chi connectivity index (χ0n) is 11.4. The van der Waals surface area contributed by atoms with Crippen LogP contribution < -0.4 is 5.32 Å². The number of fused-ring (bicyclic) bond motifs is 1. The first-order valence-corrected chi connectivity index (χ1v) is 7.92. The van der Waals surface area contributed by atoms with Gasteiger partial charge >= 0.3 is 0 Å². The number of carbonyl (C=O) groups excluding carboxylic acids is 1. The third-order valence-electron chi connectivity index (χ3n) is 3.70. The van der Waals surface area contributed by atoms with Crippen LogP contribution in [0.3, 0.4) is 0 Å². The van der Waals surface area contributed by atoms with Crippen LogP contribution in [0.2, 0.25) is 0 Å². The highest BCUT2D eigenvalue weighted by Gasteiger charge is 2.24. The van der Waals surface area contributed by atoms with E-state index in [1.807, 2.05) is 24.4 Å². The van der Waals surface area contributed by atoms with E-state index in [1.54, 1.807) is 17.5 Å². The van der Waals surface area contributed by atoms with Crippen molar-refractivity contribution in [2.75, 3.05) is 0 Å². The summed E-state index contributed by atoms with van der Waals surface area (Å²) in [6.07, 6.45) is 5.64. The highest BCUT2D eigenvalue weighted by molar-refractivity contribution is 7.17. The minimum atomic E-state index is -0.0219. The second-order valence-corrected chi connectivity index (χ2v) is 6.27. The van der Waals surface area contributed by atoms with Crippen LogP contribution >= 0.6 is 11.3 Å². The van der Waals surface area contributed by atoms with Gasteiger partial charge in [-0.25, -0.2) is 0 Å². The fraction of sp³-hybridized carbons (Fsp3) is 0.176. The molecule has 1 N–H and O–H groups in total. The Morgan fingerprint density at radius 3 is 2.95 bits per heavy atom. The molecule has 0 bridgehead atoms. The first-order chi connectivity index (χ1) is 10.3. The van der Waals surface area contributed by atoms with Gasteiger partial charge in [0.1, 0.15) is 0 Å². The SMILES string of the molecule is O=C(NC1CC1)c1cncc(-c2csc3ccccc23)c1. The van der Waals surface area contributed by atoms with Gasteiger partial charge in [0, 0.05) is 39.6 Å². The zero-order chi connectivity index (χ0) is 14.2. The summed E-state index contributed by atoms with van der Waals surface area (Å²) in [6, 6.07) is 10.6. The Labute approximate surface area is 126 Å².